The molecule has 1 atom stereocenters. The van der Waals surface area contributed by atoms with Crippen LogP contribution in [0.1, 0.15) is 48.6 Å². The van der Waals surface area contributed by atoms with E-state index in [1.165, 1.54) is 14.2 Å². The minimum Gasteiger partial charge on any atom is -0.480 e. The highest BCUT2D eigenvalue weighted by Crippen LogP contribution is 2.50. The van der Waals surface area contributed by atoms with E-state index in [4.69, 9.17) is 35.5 Å². The first kappa shape index (κ1) is 25.0. The zero-order valence-corrected chi connectivity index (χ0v) is 22.8. The average molecular weight is 548 g/mol. The number of aromatic nitrogens is 4. The minimum absolute atomic E-state index is 0.0841. The van der Waals surface area contributed by atoms with Gasteiger partial charge in [-0.05, 0) is 50.6 Å². The van der Waals surface area contributed by atoms with Crippen molar-refractivity contribution < 1.29 is 23.7 Å². The van der Waals surface area contributed by atoms with Crippen molar-refractivity contribution in [3.63, 3.8) is 0 Å². The quantitative estimate of drug-likeness (QED) is 0.323. The first-order valence-corrected chi connectivity index (χ1v) is 12.7. The fourth-order valence-corrected chi connectivity index (χ4v) is 5.48. The molecule has 0 fully saturated rings. The molecule has 1 amide bonds. The number of fused-ring (bicyclic) bond motifs is 2. The molecule has 0 saturated heterocycles. The van der Waals surface area contributed by atoms with Crippen molar-refractivity contribution in [2.75, 3.05) is 25.9 Å². The number of carbonyl (C=O) groups excluding carboxylic acids is 1. The largest absolute Gasteiger partial charge is 0.480 e. The van der Waals surface area contributed by atoms with Crippen molar-refractivity contribution in [1.82, 2.24) is 19.5 Å². The highest BCUT2D eigenvalue weighted by Gasteiger charge is 2.53. The number of benzene rings is 2. The van der Waals surface area contributed by atoms with Gasteiger partial charge in [0.15, 0.2) is 17.2 Å². The van der Waals surface area contributed by atoms with E-state index in [1.54, 1.807) is 11.1 Å². The smallest absolute Gasteiger partial charge is 0.319 e. The van der Waals surface area contributed by atoms with E-state index < -0.39 is 5.54 Å². The van der Waals surface area contributed by atoms with Gasteiger partial charge in [-0.2, -0.15) is 4.98 Å². The molecule has 2 aliphatic heterocycles. The summed E-state index contributed by atoms with van der Waals surface area (Å²) in [5.74, 6) is 1.77. The summed E-state index contributed by atoms with van der Waals surface area (Å²) in [5, 5.41) is 0.597. The number of hydrogen-bond acceptors (Lipinski definition) is 8. The van der Waals surface area contributed by atoms with Crippen molar-refractivity contribution in [3.8, 4) is 34.8 Å². The Morgan fingerprint density at radius 1 is 1.03 bits per heavy atom. The van der Waals surface area contributed by atoms with Gasteiger partial charge in [-0.15, -0.1) is 0 Å². The third-order valence-electron chi connectivity index (χ3n) is 7.11. The molecule has 39 heavy (non-hydrogen) atoms. The summed E-state index contributed by atoms with van der Waals surface area (Å²) >= 11 is 6.27. The minimum atomic E-state index is -0.958. The molecule has 10 nitrogen and oxygen atoms in total. The summed E-state index contributed by atoms with van der Waals surface area (Å²) in [6.45, 7) is 6.23. The Morgan fingerprint density at radius 2 is 1.77 bits per heavy atom. The van der Waals surface area contributed by atoms with E-state index in [9.17, 15) is 4.79 Å². The van der Waals surface area contributed by atoms with E-state index in [0.29, 0.717) is 45.2 Å². The van der Waals surface area contributed by atoms with Gasteiger partial charge < -0.3 is 23.5 Å². The summed E-state index contributed by atoms with van der Waals surface area (Å²) in [5.41, 5.74) is 2.16. The topological polar surface area (TPSA) is 101 Å². The molecule has 6 rings (SSSR count). The van der Waals surface area contributed by atoms with Gasteiger partial charge >= 0.3 is 6.01 Å². The van der Waals surface area contributed by atoms with Crippen LogP contribution in [0.4, 0.5) is 5.69 Å². The SMILES string of the molecule is COc1ncc(-c2nc3c(n2C(C)C)[C@@](C)(c2ccc(Cl)cc2)N(c2ccc4c(c2)OCO4)C3=O)c(OC)n1. The molecule has 0 bridgehead atoms. The second-order valence-electron chi connectivity index (χ2n) is 9.63. The third-order valence-corrected chi connectivity index (χ3v) is 7.36. The maximum Gasteiger partial charge on any atom is 0.319 e. The Balaban J connectivity index is 1.62. The van der Waals surface area contributed by atoms with Gasteiger partial charge in [0, 0.05) is 29.0 Å². The van der Waals surface area contributed by atoms with E-state index in [-0.39, 0.29) is 24.8 Å². The van der Waals surface area contributed by atoms with Crippen molar-refractivity contribution in [1.29, 1.82) is 0 Å². The molecule has 0 spiro atoms. The van der Waals surface area contributed by atoms with Crippen LogP contribution >= 0.6 is 11.6 Å². The molecule has 0 N–H and O–H groups in total. The number of anilines is 1. The van der Waals surface area contributed by atoms with Crippen LogP contribution in [0.25, 0.3) is 11.4 Å². The maximum absolute atomic E-state index is 14.3. The van der Waals surface area contributed by atoms with Crippen LogP contribution in [-0.2, 0) is 5.54 Å². The fraction of sp³-hybridized carbons (Fsp3) is 0.286. The summed E-state index contributed by atoms with van der Waals surface area (Å²) < 4.78 is 23.9. The number of amides is 1. The van der Waals surface area contributed by atoms with Gasteiger partial charge in [-0.3, -0.25) is 9.69 Å². The van der Waals surface area contributed by atoms with Crippen molar-refractivity contribution in [2.24, 2.45) is 0 Å². The molecular formula is C28H26ClN5O5. The van der Waals surface area contributed by atoms with Crippen LogP contribution < -0.4 is 23.8 Å². The molecule has 0 unspecified atom stereocenters. The Kier molecular flexibility index (Phi) is 5.87. The number of nitrogens with zero attached hydrogens (tertiary/aromatic N) is 5. The van der Waals surface area contributed by atoms with Gasteiger partial charge in [0.25, 0.3) is 5.91 Å². The molecular weight excluding hydrogens is 522 g/mol. The third kappa shape index (κ3) is 3.69. The van der Waals surface area contributed by atoms with Crippen LogP contribution in [-0.4, -0.2) is 46.4 Å². The maximum atomic E-state index is 14.3. The Labute approximate surface area is 230 Å². The number of hydrogen-bond donors (Lipinski definition) is 0. The Morgan fingerprint density at radius 3 is 2.46 bits per heavy atom. The molecule has 2 aromatic carbocycles. The van der Waals surface area contributed by atoms with Gasteiger partial charge in [-0.25, -0.2) is 9.97 Å². The predicted octanol–water partition coefficient (Wildman–Crippen LogP) is 5.24. The number of methoxy groups -OCH3 is 2. The Hall–Kier alpha value is -4.31. The normalized spacial score (nSPS) is 17.6. The first-order valence-electron chi connectivity index (χ1n) is 12.4. The molecule has 4 heterocycles. The number of carbonyl (C=O) groups is 1. The molecule has 4 aromatic rings. The fourth-order valence-electron chi connectivity index (χ4n) is 5.35. The average Bonchev–Trinajstić information content (AvgIpc) is 3.62. The summed E-state index contributed by atoms with van der Waals surface area (Å²) in [4.78, 5) is 29.6. The van der Waals surface area contributed by atoms with Gasteiger partial charge in [0.05, 0.1) is 25.5 Å². The lowest BCUT2D eigenvalue weighted by Gasteiger charge is -2.38. The summed E-state index contributed by atoms with van der Waals surface area (Å²) in [7, 11) is 3.00. The zero-order valence-electron chi connectivity index (χ0n) is 22.1. The van der Waals surface area contributed by atoms with E-state index in [2.05, 4.69) is 9.97 Å². The molecule has 0 aliphatic carbocycles. The highest BCUT2D eigenvalue weighted by atomic mass is 35.5. The van der Waals surface area contributed by atoms with Gasteiger partial charge in [0.1, 0.15) is 11.4 Å². The van der Waals surface area contributed by atoms with Gasteiger partial charge in [0.2, 0.25) is 12.7 Å². The molecule has 2 aromatic heterocycles. The molecule has 0 radical (unpaired) electrons. The number of rotatable bonds is 6. The lowest BCUT2D eigenvalue weighted by molar-refractivity contribution is 0.0980. The van der Waals surface area contributed by atoms with Crippen molar-refractivity contribution in [2.45, 2.75) is 32.4 Å². The number of halogens is 1. The van der Waals surface area contributed by atoms with E-state index >= 15 is 0 Å². The summed E-state index contributed by atoms with van der Waals surface area (Å²) in [6.07, 6.45) is 1.60. The van der Waals surface area contributed by atoms with Crippen molar-refractivity contribution in [3.05, 3.63) is 70.6 Å². The van der Waals surface area contributed by atoms with Crippen LogP contribution in [0.2, 0.25) is 5.02 Å². The first-order chi connectivity index (χ1) is 18.8. The van der Waals surface area contributed by atoms with Crippen LogP contribution in [0.5, 0.6) is 23.4 Å². The summed E-state index contributed by atoms with van der Waals surface area (Å²) in [6, 6.07) is 13.1. The lowest BCUT2D eigenvalue weighted by atomic mass is 9.87. The zero-order chi connectivity index (χ0) is 27.5. The highest BCUT2D eigenvalue weighted by molar-refractivity contribution is 6.30. The predicted molar refractivity (Wildman–Crippen MR) is 144 cm³/mol. The second kappa shape index (κ2) is 9.16. The monoisotopic (exact) mass is 547 g/mol. The second-order valence-corrected chi connectivity index (χ2v) is 10.1. The Bertz CT molecular complexity index is 1600. The standard InChI is InChI=1S/C28H26ClN5O5/c1-15(2)33-23-22(31-24(33)19-13-30-27(37-5)32-25(19)36-4)26(35)34(18-10-11-20-21(12-18)39-14-38-20)28(23,3)16-6-8-17(29)9-7-16/h6-13,15H,14H2,1-5H3/t28-/m1/s1. The van der Waals surface area contributed by atoms with E-state index in [0.717, 1.165) is 11.3 Å². The number of imidazole rings is 1. The number of ether oxygens (including phenoxy) is 4. The molecule has 2 aliphatic rings. The van der Waals surface area contributed by atoms with E-state index in [1.807, 2.05) is 67.8 Å². The van der Waals surface area contributed by atoms with Crippen molar-refractivity contribution >= 4 is 23.2 Å². The molecule has 11 heteroatoms. The van der Waals surface area contributed by atoms with Crippen LogP contribution in [0.15, 0.2) is 48.7 Å². The van der Waals surface area contributed by atoms with Crippen LogP contribution in [0, 0.1) is 0 Å². The van der Waals surface area contributed by atoms with Crippen LogP contribution in [0.3, 0.4) is 0 Å². The molecule has 0 saturated carbocycles. The lowest BCUT2D eigenvalue weighted by Crippen LogP contribution is -2.44. The molecule has 200 valence electrons. The van der Waals surface area contributed by atoms with Gasteiger partial charge in [-0.1, -0.05) is 23.7 Å².